The van der Waals surface area contributed by atoms with E-state index in [1.54, 1.807) is 12.1 Å². The Morgan fingerprint density at radius 1 is 0.895 bits per heavy atom. The van der Waals surface area contributed by atoms with Crippen molar-refractivity contribution in [3.05, 3.63) is 93.5 Å². The second-order valence-corrected chi connectivity index (χ2v) is 10.4. The van der Waals surface area contributed by atoms with Gasteiger partial charge in [-0.25, -0.2) is 0 Å². The second kappa shape index (κ2) is 12.7. The van der Waals surface area contributed by atoms with Gasteiger partial charge in [-0.2, -0.15) is 0 Å². The van der Waals surface area contributed by atoms with Crippen LogP contribution in [0.3, 0.4) is 0 Å². The number of benzene rings is 3. The van der Waals surface area contributed by atoms with Gasteiger partial charge >= 0.3 is 0 Å². The monoisotopic (exact) mass is 552 g/mol. The molecule has 1 heterocycles. The lowest BCUT2D eigenvalue weighted by Gasteiger charge is -2.40. The minimum Gasteiger partial charge on any atom is -0.366 e. The van der Waals surface area contributed by atoms with Gasteiger partial charge in [0, 0.05) is 71.3 Å². The fraction of sp³-hybridized carbons (Fsp3) is 0.333. The Kier molecular flexibility index (Phi) is 9.31. The molecule has 0 atom stereocenters. The van der Waals surface area contributed by atoms with Gasteiger partial charge in [-0.3, -0.25) is 14.5 Å². The topological polar surface area (TPSA) is 69.9 Å². The number of nitrogens with two attached hydrogens (primary N) is 1. The zero-order valence-corrected chi connectivity index (χ0v) is 23.4. The summed E-state index contributed by atoms with van der Waals surface area (Å²) in [5, 5.41) is 1.32. The largest absolute Gasteiger partial charge is 0.366 e. The summed E-state index contributed by atoms with van der Waals surface area (Å²) >= 11 is 12.5. The molecule has 0 spiro atoms. The van der Waals surface area contributed by atoms with Gasteiger partial charge < -0.3 is 15.5 Å². The first-order valence-electron chi connectivity index (χ1n) is 13.1. The summed E-state index contributed by atoms with van der Waals surface area (Å²) in [5.41, 5.74) is 9.67. The highest BCUT2D eigenvalue weighted by Crippen LogP contribution is 2.34. The lowest BCUT2D eigenvalue weighted by molar-refractivity contribution is 0.0772. The molecule has 0 aromatic heterocycles. The first-order valence-corrected chi connectivity index (χ1v) is 13.8. The van der Waals surface area contributed by atoms with Gasteiger partial charge in [-0.15, -0.1) is 0 Å². The average molecular weight is 554 g/mol. The molecular formula is C30H34Cl2N4O2. The molecule has 38 heavy (non-hydrogen) atoms. The van der Waals surface area contributed by atoms with Crippen LogP contribution in [0.1, 0.15) is 53.0 Å². The quantitative estimate of drug-likeness (QED) is 0.334. The number of nitrogens with zero attached hydrogens (tertiary/aromatic N) is 3. The molecule has 2 amide bonds. The van der Waals surface area contributed by atoms with E-state index < -0.39 is 5.91 Å². The molecule has 3 aromatic carbocycles. The molecule has 0 radical (unpaired) electrons. The maximum Gasteiger partial charge on any atom is 0.253 e. The third-order valence-electron chi connectivity index (χ3n) is 7.18. The number of halogens is 2. The smallest absolute Gasteiger partial charge is 0.253 e. The Balaban J connectivity index is 1.57. The van der Waals surface area contributed by atoms with Crippen LogP contribution in [-0.2, 0) is 6.54 Å². The van der Waals surface area contributed by atoms with E-state index in [2.05, 4.69) is 9.80 Å². The number of primary amides is 1. The van der Waals surface area contributed by atoms with Crippen LogP contribution in [0.2, 0.25) is 10.0 Å². The fourth-order valence-corrected chi connectivity index (χ4v) is 5.53. The van der Waals surface area contributed by atoms with Crippen LogP contribution in [0, 0.1) is 0 Å². The summed E-state index contributed by atoms with van der Waals surface area (Å²) in [4.78, 5) is 31.3. The summed E-state index contributed by atoms with van der Waals surface area (Å²) in [6, 6.07) is 21.0. The lowest BCUT2D eigenvalue weighted by Crippen LogP contribution is -2.43. The van der Waals surface area contributed by atoms with Crippen molar-refractivity contribution < 1.29 is 9.59 Å². The molecule has 200 valence electrons. The van der Waals surface area contributed by atoms with Crippen LogP contribution in [0.5, 0.6) is 0 Å². The van der Waals surface area contributed by atoms with Gasteiger partial charge in [0.1, 0.15) is 0 Å². The Labute approximate surface area is 234 Å². The fourth-order valence-electron chi connectivity index (χ4n) is 5.06. The maximum absolute atomic E-state index is 12.8. The Morgan fingerprint density at radius 3 is 2.18 bits per heavy atom. The van der Waals surface area contributed by atoms with Crippen LogP contribution in [0.4, 0.5) is 11.4 Å². The van der Waals surface area contributed by atoms with Gasteiger partial charge in [-0.05, 0) is 86.8 Å². The summed E-state index contributed by atoms with van der Waals surface area (Å²) in [6.07, 6.45) is 1.85. The highest BCUT2D eigenvalue weighted by atomic mass is 35.5. The SMILES string of the molecule is CCN(CC)C(=O)c1ccc(N(c2cccc(C(N)=O)c2)C2CCN(Cc3ccc(Cl)cc3Cl)CC2)cc1. The normalized spacial score (nSPS) is 14.3. The maximum atomic E-state index is 12.8. The van der Waals surface area contributed by atoms with Crippen LogP contribution in [0.15, 0.2) is 66.7 Å². The first-order chi connectivity index (χ1) is 18.3. The summed E-state index contributed by atoms with van der Waals surface area (Å²) < 4.78 is 0. The van der Waals surface area contributed by atoms with Crippen molar-refractivity contribution in [3.8, 4) is 0 Å². The average Bonchev–Trinajstić information content (AvgIpc) is 2.92. The number of hydrogen-bond acceptors (Lipinski definition) is 4. The molecule has 8 heteroatoms. The number of amides is 2. The van der Waals surface area contributed by atoms with Gasteiger partial charge in [0.2, 0.25) is 5.91 Å². The van der Waals surface area contributed by atoms with E-state index in [4.69, 9.17) is 28.9 Å². The standard InChI is InChI=1S/C30H34Cl2N4O2/c1-3-35(4-2)30(38)21-9-12-25(13-10-21)36(27-7-5-6-22(18-27)29(33)37)26-14-16-34(17-15-26)20-23-8-11-24(31)19-28(23)32/h5-13,18-19,26H,3-4,14-17,20H2,1-2H3,(H2,33,37). The molecule has 0 aliphatic carbocycles. The predicted octanol–water partition coefficient (Wildman–Crippen LogP) is 6.38. The van der Waals surface area contributed by atoms with Gasteiger partial charge in [-0.1, -0.05) is 35.3 Å². The predicted molar refractivity (Wildman–Crippen MR) is 156 cm³/mol. The van der Waals surface area contributed by atoms with E-state index in [0.717, 1.165) is 49.4 Å². The number of anilines is 2. The number of carbonyl (C=O) groups excluding carboxylic acids is 2. The van der Waals surface area contributed by atoms with Crippen molar-refractivity contribution in [3.63, 3.8) is 0 Å². The van der Waals surface area contributed by atoms with Crippen molar-refractivity contribution in [2.45, 2.75) is 39.3 Å². The van der Waals surface area contributed by atoms with Crippen molar-refractivity contribution in [1.29, 1.82) is 0 Å². The molecule has 1 saturated heterocycles. The Morgan fingerprint density at radius 2 is 1.58 bits per heavy atom. The first kappa shape index (κ1) is 28.0. The third-order valence-corrected chi connectivity index (χ3v) is 7.77. The zero-order chi connectivity index (χ0) is 27.2. The molecule has 0 unspecified atom stereocenters. The molecular weight excluding hydrogens is 519 g/mol. The third kappa shape index (κ3) is 6.49. The van der Waals surface area contributed by atoms with E-state index in [-0.39, 0.29) is 11.9 Å². The summed E-state index contributed by atoms with van der Waals surface area (Å²) in [6.45, 7) is 7.86. The summed E-state index contributed by atoms with van der Waals surface area (Å²) in [7, 11) is 0. The van der Waals surface area contributed by atoms with E-state index in [1.165, 1.54) is 0 Å². The van der Waals surface area contributed by atoms with Gasteiger partial charge in [0.05, 0.1) is 0 Å². The van der Waals surface area contributed by atoms with E-state index in [0.29, 0.717) is 34.3 Å². The van der Waals surface area contributed by atoms with Crippen LogP contribution in [-0.4, -0.2) is 53.8 Å². The van der Waals surface area contributed by atoms with E-state index in [1.807, 2.05) is 73.3 Å². The number of hydrogen-bond donors (Lipinski definition) is 1. The van der Waals surface area contributed by atoms with Gasteiger partial charge in [0.15, 0.2) is 0 Å². The molecule has 2 N–H and O–H groups in total. The van der Waals surface area contributed by atoms with E-state index in [9.17, 15) is 9.59 Å². The molecule has 3 aromatic rings. The van der Waals surface area contributed by atoms with Crippen molar-refractivity contribution >= 4 is 46.4 Å². The molecule has 6 nitrogen and oxygen atoms in total. The molecule has 1 aliphatic heterocycles. The number of carbonyl (C=O) groups is 2. The van der Waals surface area contributed by atoms with Crippen LogP contribution >= 0.6 is 23.2 Å². The van der Waals surface area contributed by atoms with Crippen molar-refractivity contribution in [2.75, 3.05) is 31.1 Å². The molecule has 4 rings (SSSR count). The minimum absolute atomic E-state index is 0.0259. The van der Waals surface area contributed by atoms with Crippen molar-refractivity contribution in [2.24, 2.45) is 5.73 Å². The highest BCUT2D eigenvalue weighted by molar-refractivity contribution is 6.35. The number of rotatable bonds is 9. The van der Waals surface area contributed by atoms with Gasteiger partial charge in [0.25, 0.3) is 5.91 Å². The Bertz CT molecular complexity index is 1270. The van der Waals surface area contributed by atoms with E-state index >= 15 is 0 Å². The summed E-state index contributed by atoms with van der Waals surface area (Å²) in [5.74, 6) is -0.431. The molecule has 1 aliphatic rings. The van der Waals surface area contributed by atoms with Crippen LogP contribution < -0.4 is 10.6 Å². The molecule has 0 saturated carbocycles. The second-order valence-electron chi connectivity index (χ2n) is 9.55. The molecule has 1 fully saturated rings. The minimum atomic E-state index is -0.457. The highest BCUT2D eigenvalue weighted by Gasteiger charge is 2.27. The number of likely N-dealkylation sites (tertiary alicyclic amines) is 1. The van der Waals surface area contributed by atoms with Crippen LogP contribution in [0.25, 0.3) is 0 Å². The zero-order valence-electron chi connectivity index (χ0n) is 21.9. The number of piperidine rings is 1. The lowest BCUT2D eigenvalue weighted by atomic mass is 9.99. The Hall–Kier alpha value is -3.06. The molecule has 0 bridgehead atoms. The van der Waals surface area contributed by atoms with Crippen molar-refractivity contribution in [1.82, 2.24) is 9.80 Å².